The average molecular weight is 683 g/mol. The Morgan fingerprint density at radius 3 is 2.28 bits per heavy atom. The number of hydrogen-bond acceptors (Lipinski definition) is 10. The largest absolute Gasteiger partial charge is 0.497 e. The maximum absolute atomic E-state index is 15.3. The Balaban J connectivity index is 0.998. The van der Waals surface area contributed by atoms with E-state index in [2.05, 4.69) is 25.1 Å². The van der Waals surface area contributed by atoms with E-state index in [4.69, 9.17) is 9.47 Å². The number of hydrogen-bond donors (Lipinski definition) is 2. The number of halogens is 1. The summed E-state index contributed by atoms with van der Waals surface area (Å²) >= 11 is 0. The third kappa shape index (κ3) is 5.85. The molecule has 13 nitrogen and oxygen atoms in total. The number of anilines is 1. The van der Waals surface area contributed by atoms with Gasteiger partial charge in [0, 0.05) is 61.0 Å². The van der Waals surface area contributed by atoms with E-state index in [1.54, 1.807) is 12.1 Å². The Hall–Kier alpha value is -5.63. The maximum atomic E-state index is 15.3. The van der Waals surface area contributed by atoms with E-state index in [1.807, 2.05) is 31.3 Å². The lowest BCUT2D eigenvalue weighted by Gasteiger charge is -2.38. The van der Waals surface area contributed by atoms with Gasteiger partial charge in [-0.25, -0.2) is 9.37 Å². The number of rotatable bonds is 8. The molecule has 3 aliphatic heterocycles. The number of benzene rings is 3. The third-order valence-electron chi connectivity index (χ3n) is 9.82. The number of amides is 4. The smallest absolute Gasteiger partial charge is 0.262 e. The van der Waals surface area contributed by atoms with Gasteiger partial charge in [-0.3, -0.25) is 39.1 Å². The SMILES string of the molecule is COc1cc(OC)c2c(=O)[nH]c(-c3ccc(N4CCC(N(C)Cc5cc6c(cc5F)C(=O)N(C5CCC(=O)NC5=O)C6=O)CC4)cc3)nc2c1. The minimum atomic E-state index is -1.11. The van der Waals surface area contributed by atoms with E-state index < -0.39 is 35.5 Å². The van der Waals surface area contributed by atoms with E-state index in [1.165, 1.54) is 20.3 Å². The van der Waals surface area contributed by atoms with Crippen molar-refractivity contribution < 1.29 is 33.0 Å². The average Bonchev–Trinajstić information content (AvgIpc) is 3.35. The lowest BCUT2D eigenvalue weighted by molar-refractivity contribution is -0.136. The molecule has 3 aromatic carbocycles. The van der Waals surface area contributed by atoms with Gasteiger partial charge in [-0.2, -0.15) is 0 Å². The third-order valence-corrected chi connectivity index (χ3v) is 9.82. The Morgan fingerprint density at radius 1 is 0.920 bits per heavy atom. The van der Waals surface area contributed by atoms with Crippen molar-refractivity contribution in [3.05, 3.63) is 81.4 Å². The van der Waals surface area contributed by atoms with E-state index in [0.717, 1.165) is 48.1 Å². The number of aromatic nitrogens is 2. The van der Waals surface area contributed by atoms with E-state index in [0.29, 0.717) is 28.2 Å². The molecule has 7 rings (SSSR count). The lowest BCUT2D eigenvalue weighted by atomic mass is 10.0. The fourth-order valence-corrected chi connectivity index (χ4v) is 7.08. The highest BCUT2D eigenvalue weighted by Crippen LogP contribution is 2.32. The van der Waals surface area contributed by atoms with Crippen molar-refractivity contribution in [1.29, 1.82) is 0 Å². The minimum Gasteiger partial charge on any atom is -0.497 e. The highest BCUT2D eigenvalue weighted by molar-refractivity contribution is 6.23. The zero-order valence-electron chi connectivity index (χ0n) is 27.7. The van der Waals surface area contributed by atoms with Crippen LogP contribution in [0.4, 0.5) is 10.1 Å². The number of nitrogens with one attached hydrogen (secondary N) is 2. The van der Waals surface area contributed by atoms with Gasteiger partial charge in [-0.15, -0.1) is 0 Å². The quantitative estimate of drug-likeness (QED) is 0.265. The molecule has 2 fully saturated rings. The molecule has 4 amide bonds. The molecule has 2 saturated heterocycles. The normalized spacial score (nSPS) is 18.2. The van der Waals surface area contributed by atoms with Crippen molar-refractivity contribution in [2.45, 2.75) is 44.3 Å². The van der Waals surface area contributed by atoms with Gasteiger partial charge in [0.1, 0.15) is 34.6 Å². The van der Waals surface area contributed by atoms with E-state index >= 15 is 4.39 Å². The summed E-state index contributed by atoms with van der Waals surface area (Å²) in [5.74, 6) is -1.82. The molecule has 258 valence electrons. The number of piperidine rings is 2. The fraction of sp³-hybridized carbons (Fsp3) is 0.333. The fourth-order valence-electron chi connectivity index (χ4n) is 7.08. The predicted octanol–water partition coefficient (Wildman–Crippen LogP) is 3.25. The first-order valence-electron chi connectivity index (χ1n) is 16.3. The standard InChI is InChI=1S/C36H35FN6O7/c1-41(18-20-14-24-25(17-26(20)37)36(48)43(35(24)47)28-8-9-30(44)39-33(28)45)21-10-12-42(13-11-21)22-6-4-19(5-7-22)32-38-27-15-23(49-2)16-29(50-3)31(27)34(46)40-32/h4-7,14-17,21,28H,8-13,18H2,1-3H3,(H,38,40,46)(H,39,44,45). The Morgan fingerprint density at radius 2 is 1.62 bits per heavy atom. The van der Waals surface area contributed by atoms with Crippen LogP contribution in [0.15, 0.2) is 53.3 Å². The predicted molar refractivity (Wildman–Crippen MR) is 181 cm³/mol. The number of fused-ring (bicyclic) bond motifs is 2. The molecule has 1 unspecified atom stereocenters. The second-order valence-electron chi connectivity index (χ2n) is 12.8. The summed E-state index contributed by atoms with van der Waals surface area (Å²) in [5.41, 5.74) is 2.19. The zero-order chi connectivity index (χ0) is 35.3. The van der Waals surface area contributed by atoms with Crippen molar-refractivity contribution in [2.75, 3.05) is 39.3 Å². The molecule has 0 saturated carbocycles. The molecule has 1 atom stereocenters. The summed E-state index contributed by atoms with van der Waals surface area (Å²) in [4.78, 5) is 75.9. The molecule has 1 aromatic heterocycles. The van der Waals surface area contributed by atoms with Crippen molar-refractivity contribution in [1.82, 2.24) is 25.1 Å². The van der Waals surface area contributed by atoms with Crippen LogP contribution in [0.2, 0.25) is 0 Å². The van der Waals surface area contributed by atoms with Crippen LogP contribution in [-0.4, -0.2) is 89.8 Å². The van der Waals surface area contributed by atoms with Gasteiger partial charge >= 0.3 is 0 Å². The summed E-state index contributed by atoms with van der Waals surface area (Å²) in [7, 11) is 4.94. The molecule has 2 N–H and O–H groups in total. The van der Waals surface area contributed by atoms with Gasteiger partial charge < -0.3 is 19.4 Å². The van der Waals surface area contributed by atoms with E-state index in [9.17, 15) is 24.0 Å². The topological polar surface area (TPSA) is 154 Å². The second-order valence-corrected chi connectivity index (χ2v) is 12.8. The number of aromatic amines is 1. The van der Waals surface area contributed by atoms with Gasteiger partial charge in [-0.05, 0) is 62.7 Å². The first-order valence-corrected chi connectivity index (χ1v) is 16.3. The van der Waals surface area contributed by atoms with Crippen LogP contribution in [0.1, 0.15) is 52.0 Å². The maximum Gasteiger partial charge on any atom is 0.262 e. The number of carbonyl (C=O) groups excluding carboxylic acids is 4. The van der Waals surface area contributed by atoms with E-state index in [-0.39, 0.29) is 47.7 Å². The van der Waals surface area contributed by atoms with Crippen LogP contribution in [0, 0.1) is 5.82 Å². The molecule has 0 radical (unpaired) electrons. The molecule has 0 bridgehead atoms. The molecule has 50 heavy (non-hydrogen) atoms. The van der Waals surface area contributed by atoms with Crippen LogP contribution in [-0.2, 0) is 16.1 Å². The number of H-pyrrole nitrogens is 1. The van der Waals surface area contributed by atoms with Gasteiger partial charge in [0.2, 0.25) is 11.8 Å². The number of nitrogens with zero attached hydrogens (tertiary/aromatic N) is 4. The Kier molecular flexibility index (Phi) is 8.56. The molecule has 0 spiro atoms. The molecule has 4 aromatic rings. The van der Waals surface area contributed by atoms with Gasteiger partial charge in [-0.1, -0.05) is 0 Å². The number of carbonyl (C=O) groups is 4. The van der Waals surface area contributed by atoms with Crippen molar-refractivity contribution in [3.63, 3.8) is 0 Å². The number of imide groups is 2. The number of methoxy groups -OCH3 is 2. The highest BCUT2D eigenvalue weighted by Gasteiger charge is 2.45. The second kappa shape index (κ2) is 13.0. The van der Waals surface area contributed by atoms with Crippen LogP contribution in [0.5, 0.6) is 11.5 Å². The molecule has 14 heteroatoms. The van der Waals surface area contributed by atoms with Crippen LogP contribution in [0.25, 0.3) is 22.3 Å². The van der Waals surface area contributed by atoms with Crippen molar-refractivity contribution >= 4 is 40.2 Å². The minimum absolute atomic E-state index is 0.00977. The first kappa shape index (κ1) is 32.9. The number of ether oxygens (including phenoxy) is 2. The van der Waals surface area contributed by atoms with Crippen molar-refractivity contribution in [2.24, 2.45) is 0 Å². The van der Waals surface area contributed by atoms with Crippen LogP contribution < -0.4 is 25.2 Å². The van der Waals surface area contributed by atoms with Gasteiger partial charge in [0.05, 0.1) is 30.9 Å². The summed E-state index contributed by atoms with van der Waals surface area (Å²) < 4.78 is 26.0. The monoisotopic (exact) mass is 682 g/mol. The summed E-state index contributed by atoms with van der Waals surface area (Å²) in [6.45, 7) is 1.76. The lowest BCUT2D eigenvalue weighted by Crippen LogP contribution is -2.54. The summed E-state index contributed by atoms with van der Waals surface area (Å²) in [6, 6.07) is 12.7. The molecule has 0 aliphatic carbocycles. The van der Waals surface area contributed by atoms with Gasteiger partial charge in [0.25, 0.3) is 17.4 Å². The Bertz CT molecular complexity index is 2110. The van der Waals surface area contributed by atoms with Crippen LogP contribution >= 0.6 is 0 Å². The molecular weight excluding hydrogens is 647 g/mol. The Labute approximate surface area is 286 Å². The van der Waals surface area contributed by atoms with Crippen molar-refractivity contribution in [3.8, 4) is 22.9 Å². The molecule has 3 aliphatic rings. The summed E-state index contributed by atoms with van der Waals surface area (Å²) in [5, 5.41) is 2.51. The molecular formula is C36H35FN6O7. The first-order chi connectivity index (χ1) is 24.1. The summed E-state index contributed by atoms with van der Waals surface area (Å²) in [6.07, 6.45) is 1.67. The highest BCUT2D eigenvalue weighted by atomic mass is 19.1. The molecule has 4 heterocycles. The zero-order valence-corrected chi connectivity index (χ0v) is 27.7. The van der Waals surface area contributed by atoms with Crippen LogP contribution in [0.3, 0.4) is 0 Å². The van der Waals surface area contributed by atoms with Gasteiger partial charge in [0.15, 0.2) is 0 Å².